The van der Waals surface area contributed by atoms with Crippen molar-refractivity contribution in [2.75, 3.05) is 13.1 Å². The number of esters is 1. The second-order valence-corrected chi connectivity index (χ2v) is 10.7. The van der Waals surface area contributed by atoms with E-state index in [1.807, 2.05) is 6.92 Å². The second kappa shape index (κ2) is 10.6. The van der Waals surface area contributed by atoms with Gasteiger partial charge in [0, 0.05) is 19.1 Å². The summed E-state index contributed by atoms with van der Waals surface area (Å²) >= 11 is 0. The lowest BCUT2D eigenvalue weighted by atomic mass is 9.89. The molecule has 2 atom stereocenters. The van der Waals surface area contributed by atoms with E-state index in [9.17, 15) is 18.0 Å². The molecule has 1 amide bonds. The Morgan fingerprint density at radius 2 is 1.71 bits per heavy atom. The fourth-order valence-corrected chi connectivity index (χ4v) is 6.09. The fraction of sp³-hybridized carbons (Fsp3) is 0.652. The summed E-state index contributed by atoms with van der Waals surface area (Å²) in [7, 11) is -3.59. The van der Waals surface area contributed by atoms with E-state index in [1.54, 1.807) is 6.92 Å². The van der Waals surface area contributed by atoms with Gasteiger partial charge in [0.2, 0.25) is 10.0 Å². The second-order valence-electron chi connectivity index (χ2n) is 8.78. The van der Waals surface area contributed by atoms with Crippen molar-refractivity contribution in [3.63, 3.8) is 0 Å². The van der Waals surface area contributed by atoms with Crippen molar-refractivity contribution >= 4 is 21.9 Å². The first-order valence-electron chi connectivity index (χ1n) is 11.4. The molecule has 2 fully saturated rings. The van der Waals surface area contributed by atoms with Gasteiger partial charge in [-0.1, -0.05) is 25.7 Å². The maximum atomic E-state index is 12.9. The molecule has 2 aliphatic rings. The van der Waals surface area contributed by atoms with Crippen LogP contribution in [0.1, 0.15) is 75.6 Å². The van der Waals surface area contributed by atoms with Crippen molar-refractivity contribution < 1.29 is 22.7 Å². The smallest absolute Gasteiger partial charge is 0.338 e. The topological polar surface area (TPSA) is 92.8 Å². The van der Waals surface area contributed by atoms with Crippen molar-refractivity contribution in [2.45, 2.75) is 82.3 Å². The molecule has 1 aromatic carbocycles. The summed E-state index contributed by atoms with van der Waals surface area (Å²) in [6.07, 6.45) is 7.74. The third kappa shape index (κ3) is 6.07. The van der Waals surface area contributed by atoms with E-state index in [-0.39, 0.29) is 22.4 Å². The number of amides is 1. The molecule has 0 aromatic heterocycles. The van der Waals surface area contributed by atoms with Crippen LogP contribution < -0.4 is 5.32 Å². The first-order valence-corrected chi connectivity index (χ1v) is 12.8. The molecule has 1 aliphatic heterocycles. The van der Waals surface area contributed by atoms with Crippen LogP contribution in [0.2, 0.25) is 0 Å². The fourth-order valence-electron chi connectivity index (χ4n) is 4.39. The van der Waals surface area contributed by atoms with E-state index in [0.29, 0.717) is 19.0 Å². The highest BCUT2D eigenvalue weighted by molar-refractivity contribution is 7.89. The summed E-state index contributed by atoms with van der Waals surface area (Å²) in [4.78, 5) is 24.9. The molecule has 31 heavy (non-hydrogen) atoms. The molecule has 2 unspecified atom stereocenters. The van der Waals surface area contributed by atoms with Gasteiger partial charge in [-0.25, -0.2) is 13.2 Å². The van der Waals surface area contributed by atoms with Crippen LogP contribution in [-0.4, -0.2) is 49.8 Å². The van der Waals surface area contributed by atoms with Crippen LogP contribution in [0.4, 0.5) is 0 Å². The molecular weight excluding hydrogens is 416 g/mol. The Balaban J connectivity index is 1.55. The monoisotopic (exact) mass is 450 g/mol. The molecule has 0 bridgehead atoms. The van der Waals surface area contributed by atoms with Crippen LogP contribution in [0, 0.1) is 5.92 Å². The number of carbonyl (C=O) groups is 2. The normalized spacial score (nSPS) is 21.9. The van der Waals surface area contributed by atoms with Gasteiger partial charge >= 0.3 is 5.97 Å². The Morgan fingerprint density at radius 3 is 2.35 bits per heavy atom. The number of benzene rings is 1. The zero-order chi connectivity index (χ0) is 22.4. The highest BCUT2D eigenvalue weighted by Gasteiger charge is 2.31. The quantitative estimate of drug-likeness (QED) is 0.642. The number of hydrogen-bond acceptors (Lipinski definition) is 5. The summed E-state index contributed by atoms with van der Waals surface area (Å²) in [5, 5.41) is 2.88. The van der Waals surface area contributed by atoms with Gasteiger partial charge in [0.25, 0.3) is 5.91 Å². The Morgan fingerprint density at radius 1 is 1.06 bits per heavy atom. The molecule has 1 saturated heterocycles. The largest absolute Gasteiger partial charge is 0.449 e. The standard InChI is InChI=1S/C23H34N2O5S/c1-17-8-6-7-15-25(17)31(28,29)21-13-11-20(12-14-21)23(27)30-18(2)22(26)24-16-19-9-4-3-5-10-19/h11-14,17-19H,3-10,15-16H2,1-2H3,(H,24,26). The summed E-state index contributed by atoms with van der Waals surface area (Å²) in [6.45, 7) is 4.59. The minimum absolute atomic E-state index is 0.0311. The van der Waals surface area contributed by atoms with E-state index >= 15 is 0 Å². The van der Waals surface area contributed by atoms with Gasteiger partial charge in [0.05, 0.1) is 10.5 Å². The van der Waals surface area contributed by atoms with E-state index in [1.165, 1.54) is 47.8 Å². The SMILES string of the molecule is CC(OC(=O)c1ccc(S(=O)(=O)N2CCCCC2C)cc1)C(=O)NCC1CCCCC1. The number of hydrogen-bond donors (Lipinski definition) is 1. The van der Waals surface area contributed by atoms with Crippen LogP contribution in [0.25, 0.3) is 0 Å². The molecule has 0 radical (unpaired) electrons. The van der Waals surface area contributed by atoms with E-state index in [0.717, 1.165) is 32.1 Å². The lowest BCUT2D eigenvalue weighted by Gasteiger charge is -2.32. The first-order chi connectivity index (χ1) is 14.8. The molecule has 7 nitrogen and oxygen atoms in total. The van der Waals surface area contributed by atoms with Gasteiger partial charge in [-0.15, -0.1) is 0 Å². The maximum Gasteiger partial charge on any atom is 0.338 e. The third-order valence-electron chi connectivity index (χ3n) is 6.38. The molecule has 1 saturated carbocycles. The lowest BCUT2D eigenvalue weighted by Crippen LogP contribution is -2.41. The van der Waals surface area contributed by atoms with Crippen LogP contribution >= 0.6 is 0 Å². The summed E-state index contributed by atoms with van der Waals surface area (Å²) < 4.78 is 32.6. The van der Waals surface area contributed by atoms with Crippen LogP contribution in [0.15, 0.2) is 29.2 Å². The summed E-state index contributed by atoms with van der Waals surface area (Å²) in [6, 6.07) is 5.71. The number of rotatable bonds is 7. The van der Waals surface area contributed by atoms with Gasteiger partial charge in [-0.3, -0.25) is 4.79 Å². The number of nitrogens with zero attached hydrogens (tertiary/aromatic N) is 1. The molecule has 1 aromatic rings. The Kier molecular flexibility index (Phi) is 8.11. The number of carbonyl (C=O) groups excluding carboxylic acids is 2. The highest BCUT2D eigenvalue weighted by Crippen LogP contribution is 2.25. The van der Waals surface area contributed by atoms with Crippen LogP contribution in [0.3, 0.4) is 0 Å². The number of nitrogens with one attached hydrogen (secondary N) is 1. The Bertz CT molecular complexity index is 862. The molecule has 3 rings (SSSR count). The van der Waals surface area contributed by atoms with Crippen molar-refractivity contribution in [1.29, 1.82) is 0 Å². The number of piperidine rings is 1. The first kappa shape index (κ1) is 23.7. The average Bonchev–Trinajstić information content (AvgIpc) is 2.78. The van der Waals surface area contributed by atoms with Crippen molar-refractivity contribution in [3.8, 4) is 0 Å². The predicted molar refractivity (Wildman–Crippen MR) is 118 cm³/mol. The number of sulfonamides is 1. The Hall–Kier alpha value is -1.93. The van der Waals surface area contributed by atoms with E-state index in [2.05, 4.69) is 5.32 Å². The van der Waals surface area contributed by atoms with Crippen molar-refractivity contribution in [1.82, 2.24) is 9.62 Å². The maximum absolute atomic E-state index is 12.9. The van der Waals surface area contributed by atoms with Crippen molar-refractivity contribution in [3.05, 3.63) is 29.8 Å². The molecule has 1 N–H and O–H groups in total. The lowest BCUT2D eigenvalue weighted by molar-refractivity contribution is -0.129. The minimum atomic E-state index is -3.59. The van der Waals surface area contributed by atoms with Gasteiger partial charge in [-0.05, 0) is 69.7 Å². The van der Waals surface area contributed by atoms with E-state index < -0.39 is 22.1 Å². The molecule has 8 heteroatoms. The molecule has 0 spiro atoms. The van der Waals surface area contributed by atoms with E-state index in [4.69, 9.17) is 4.74 Å². The molecule has 1 heterocycles. The average molecular weight is 451 g/mol. The van der Waals surface area contributed by atoms with Gasteiger partial charge in [0.1, 0.15) is 0 Å². The molecular formula is C23H34N2O5S. The predicted octanol–water partition coefficient (Wildman–Crippen LogP) is 3.49. The van der Waals surface area contributed by atoms with Crippen LogP contribution in [-0.2, 0) is 19.6 Å². The van der Waals surface area contributed by atoms with Gasteiger partial charge < -0.3 is 10.1 Å². The van der Waals surface area contributed by atoms with Crippen LogP contribution in [0.5, 0.6) is 0 Å². The Labute approximate surface area is 185 Å². The molecule has 1 aliphatic carbocycles. The summed E-state index contributed by atoms with van der Waals surface area (Å²) in [5.41, 5.74) is 0.220. The summed E-state index contributed by atoms with van der Waals surface area (Å²) in [5.74, 6) is -0.453. The third-order valence-corrected chi connectivity index (χ3v) is 8.41. The zero-order valence-electron chi connectivity index (χ0n) is 18.5. The highest BCUT2D eigenvalue weighted by atomic mass is 32.2. The molecule has 172 valence electrons. The minimum Gasteiger partial charge on any atom is -0.449 e. The number of ether oxygens (including phenoxy) is 1. The van der Waals surface area contributed by atoms with Gasteiger partial charge in [-0.2, -0.15) is 4.31 Å². The zero-order valence-corrected chi connectivity index (χ0v) is 19.3. The van der Waals surface area contributed by atoms with Crippen molar-refractivity contribution in [2.24, 2.45) is 5.92 Å². The van der Waals surface area contributed by atoms with Gasteiger partial charge in [0.15, 0.2) is 6.10 Å².